The molecule has 2 atom stereocenters. The topological polar surface area (TPSA) is 126 Å². The molecular formula is C26H39N5O5S. The molecule has 2 aliphatic rings. The lowest BCUT2D eigenvalue weighted by Crippen LogP contribution is -2.47. The number of aliphatic hydroxyl groups excluding tert-OH is 1. The maximum atomic E-state index is 14.0. The van der Waals surface area contributed by atoms with E-state index in [9.17, 15) is 23.1 Å². The predicted molar refractivity (Wildman–Crippen MR) is 143 cm³/mol. The molecule has 1 unspecified atom stereocenters. The van der Waals surface area contributed by atoms with Crippen LogP contribution in [0.3, 0.4) is 0 Å². The minimum atomic E-state index is -3.52. The molecule has 1 saturated carbocycles. The number of nitrogens with one attached hydrogen (secondary N) is 2. The minimum Gasteiger partial charge on any atom is -0.391 e. The van der Waals surface area contributed by atoms with Crippen molar-refractivity contribution in [1.82, 2.24) is 24.1 Å². The van der Waals surface area contributed by atoms with Gasteiger partial charge in [-0.05, 0) is 18.8 Å². The second-order valence-electron chi connectivity index (χ2n) is 10.4. The van der Waals surface area contributed by atoms with Crippen molar-refractivity contribution in [3.8, 4) is 11.3 Å². The maximum absolute atomic E-state index is 14.0. The van der Waals surface area contributed by atoms with E-state index in [0.29, 0.717) is 44.7 Å². The number of piperazine rings is 1. The third-order valence-electron chi connectivity index (χ3n) is 7.06. The summed E-state index contributed by atoms with van der Waals surface area (Å²) in [4.78, 5) is 29.7. The smallest absolute Gasteiger partial charge is 0.329 e. The first-order valence-corrected chi connectivity index (χ1v) is 14.9. The van der Waals surface area contributed by atoms with Crippen molar-refractivity contribution < 1.29 is 18.3 Å². The predicted octanol–water partition coefficient (Wildman–Crippen LogP) is 1.41. The first-order chi connectivity index (χ1) is 17.7. The van der Waals surface area contributed by atoms with Gasteiger partial charge >= 0.3 is 5.69 Å². The van der Waals surface area contributed by atoms with Crippen molar-refractivity contribution in [2.75, 3.05) is 38.5 Å². The zero-order chi connectivity index (χ0) is 26.6. The number of amides is 1. The Morgan fingerprint density at radius 1 is 1.14 bits per heavy atom. The minimum absolute atomic E-state index is 0.0116. The highest BCUT2D eigenvalue weighted by atomic mass is 32.2. The number of carbonyl (C=O) groups excluding carboxylic acids is 1. The summed E-state index contributed by atoms with van der Waals surface area (Å²) in [5.74, 6) is -0.311. The van der Waals surface area contributed by atoms with Gasteiger partial charge in [-0.25, -0.2) is 17.9 Å². The highest BCUT2D eigenvalue weighted by Gasteiger charge is 2.35. The number of aliphatic hydroxyl groups is 1. The van der Waals surface area contributed by atoms with E-state index in [2.05, 4.69) is 10.0 Å². The van der Waals surface area contributed by atoms with Gasteiger partial charge in [0.2, 0.25) is 10.0 Å². The van der Waals surface area contributed by atoms with Crippen LogP contribution in [0, 0.1) is 5.92 Å². The highest BCUT2D eigenvalue weighted by molar-refractivity contribution is 7.89. The summed E-state index contributed by atoms with van der Waals surface area (Å²) in [5.41, 5.74) is 1.06. The molecule has 1 aromatic carbocycles. The summed E-state index contributed by atoms with van der Waals surface area (Å²) in [7, 11) is -3.52. The summed E-state index contributed by atoms with van der Waals surface area (Å²) < 4.78 is 30.5. The number of benzene rings is 1. The lowest BCUT2D eigenvalue weighted by molar-refractivity contribution is 0.0719. The molecule has 4 rings (SSSR count). The van der Waals surface area contributed by atoms with Crippen LogP contribution in [0.25, 0.3) is 11.3 Å². The summed E-state index contributed by atoms with van der Waals surface area (Å²) in [5, 5.41) is 14.2. The summed E-state index contributed by atoms with van der Waals surface area (Å²) in [6.07, 6.45) is 2.29. The molecule has 1 saturated heterocycles. The summed E-state index contributed by atoms with van der Waals surface area (Å²) in [6, 6.07) is 8.87. The zero-order valence-electron chi connectivity index (χ0n) is 21.7. The van der Waals surface area contributed by atoms with Gasteiger partial charge in [-0.3, -0.25) is 13.9 Å². The van der Waals surface area contributed by atoms with Crippen LogP contribution in [0.5, 0.6) is 0 Å². The summed E-state index contributed by atoms with van der Waals surface area (Å²) in [6.45, 7) is 6.01. The first-order valence-electron chi connectivity index (χ1n) is 13.3. The quantitative estimate of drug-likeness (QED) is 0.448. The van der Waals surface area contributed by atoms with Gasteiger partial charge in [0.25, 0.3) is 5.91 Å². The van der Waals surface area contributed by atoms with Gasteiger partial charge in [-0.15, -0.1) is 0 Å². The molecule has 1 aliphatic heterocycles. The Balaban J connectivity index is 1.83. The molecule has 204 valence electrons. The molecule has 0 spiro atoms. The van der Waals surface area contributed by atoms with Gasteiger partial charge < -0.3 is 15.3 Å². The zero-order valence-corrected chi connectivity index (χ0v) is 22.5. The van der Waals surface area contributed by atoms with Gasteiger partial charge in [0.1, 0.15) is 5.69 Å². The van der Waals surface area contributed by atoms with Crippen molar-refractivity contribution in [1.29, 1.82) is 0 Å². The molecule has 1 aliphatic carbocycles. The SMILES string of the molecule is CC(C)CS(=O)(=O)NCCn1c(C(=O)N2CCNCC2)c(-c2ccccc2)n(C2CCCC[C@H]2O)c1=O. The van der Waals surface area contributed by atoms with Crippen molar-refractivity contribution in [3.63, 3.8) is 0 Å². The van der Waals surface area contributed by atoms with Crippen LogP contribution in [0.15, 0.2) is 35.1 Å². The number of sulfonamides is 1. The van der Waals surface area contributed by atoms with Crippen molar-refractivity contribution in [2.24, 2.45) is 5.92 Å². The van der Waals surface area contributed by atoms with Crippen LogP contribution < -0.4 is 15.7 Å². The second-order valence-corrected chi connectivity index (χ2v) is 12.2. The molecule has 1 aromatic heterocycles. The molecule has 3 N–H and O–H groups in total. The lowest BCUT2D eigenvalue weighted by Gasteiger charge is -2.30. The van der Waals surface area contributed by atoms with Gasteiger partial charge in [-0.2, -0.15) is 0 Å². The molecule has 2 aromatic rings. The fraction of sp³-hybridized carbons (Fsp3) is 0.615. The van der Waals surface area contributed by atoms with Gasteiger partial charge in [0.15, 0.2) is 0 Å². The number of carbonyl (C=O) groups is 1. The maximum Gasteiger partial charge on any atom is 0.329 e. The molecule has 2 heterocycles. The Morgan fingerprint density at radius 2 is 1.81 bits per heavy atom. The molecule has 0 bridgehead atoms. The molecule has 2 fully saturated rings. The van der Waals surface area contributed by atoms with Crippen molar-refractivity contribution in [3.05, 3.63) is 46.5 Å². The Labute approximate surface area is 218 Å². The molecule has 0 radical (unpaired) electrons. The molecular weight excluding hydrogens is 494 g/mol. The van der Waals surface area contributed by atoms with Crippen molar-refractivity contribution >= 4 is 15.9 Å². The van der Waals surface area contributed by atoms with Crippen LogP contribution in [0.1, 0.15) is 56.1 Å². The van der Waals surface area contributed by atoms with E-state index in [0.717, 1.165) is 18.4 Å². The van der Waals surface area contributed by atoms with E-state index >= 15 is 0 Å². The monoisotopic (exact) mass is 533 g/mol. The van der Waals surface area contributed by atoms with Crippen LogP contribution in [0.2, 0.25) is 0 Å². The number of hydrogen-bond donors (Lipinski definition) is 3. The average molecular weight is 534 g/mol. The Kier molecular flexibility index (Phi) is 8.89. The Morgan fingerprint density at radius 3 is 2.46 bits per heavy atom. The van der Waals surface area contributed by atoms with Gasteiger partial charge in [0.05, 0.1) is 23.6 Å². The van der Waals surface area contributed by atoms with Crippen LogP contribution in [-0.4, -0.2) is 78.0 Å². The molecule has 37 heavy (non-hydrogen) atoms. The van der Waals surface area contributed by atoms with E-state index in [1.54, 1.807) is 9.47 Å². The fourth-order valence-electron chi connectivity index (χ4n) is 5.39. The van der Waals surface area contributed by atoms with Crippen LogP contribution in [-0.2, 0) is 16.6 Å². The normalized spacial score (nSPS) is 20.9. The van der Waals surface area contributed by atoms with Gasteiger partial charge in [-0.1, -0.05) is 57.0 Å². The van der Waals surface area contributed by atoms with E-state index in [1.165, 1.54) is 4.57 Å². The van der Waals surface area contributed by atoms with Crippen LogP contribution in [0.4, 0.5) is 0 Å². The largest absolute Gasteiger partial charge is 0.391 e. The molecule has 11 heteroatoms. The third-order valence-corrected chi connectivity index (χ3v) is 8.81. The highest BCUT2D eigenvalue weighted by Crippen LogP contribution is 2.34. The standard InChI is InChI=1S/C26H39N5O5S/c1-19(2)18-37(35,36)28-14-17-30-24(25(33)29-15-12-27-13-16-29)23(20-8-4-3-5-9-20)31(26(30)34)21-10-6-7-11-22(21)32/h3-5,8-9,19,21-22,27-28,32H,6-7,10-18H2,1-2H3/t21?,22-/m1/s1. The number of rotatable bonds is 9. The van der Waals surface area contributed by atoms with Crippen LogP contribution >= 0.6 is 0 Å². The number of imidazole rings is 1. The van der Waals surface area contributed by atoms with E-state index in [4.69, 9.17) is 0 Å². The molecule has 1 amide bonds. The average Bonchev–Trinajstić information content (AvgIpc) is 3.16. The third kappa shape index (κ3) is 6.34. The van der Waals surface area contributed by atoms with Gasteiger partial charge in [0, 0.05) is 44.8 Å². The second kappa shape index (κ2) is 11.9. The van der Waals surface area contributed by atoms with E-state index in [-0.39, 0.29) is 36.4 Å². The number of aromatic nitrogens is 2. The number of nitrogens with zero attached hydrogens (tertiary/aromatic N) is 3. The molecule has 10 nitrogen and oxygen atoms in total. The number of hydrogen-bond acceptors (Lipinski definition) is 6. The van der Waals surface area contributed by atoms with Crippen molar-refractivity contribution in [2.45, 2.75) is 58.2 Å². The van der Waals surface area contributed by atoms with E-state index < -0.39 is 27.9 Å². The summed E-state index contributed by atoms with van der Waals surface area (Å²) >= 11 is 0. The Hall–Kier alpha value is -2.47. The lowest BCUT2D eigenvalue weighted by atomic mass is 9.92. The van der Waals surface area contributed by atoms with E-state index in [1.807, 2.05) is 44.2 Å². The fourth-order valence-corrected chi connectivity index (χ4v) is 6.79. The Bertz CT molecular complexity index is 1230. The first kappa shape index (κ1) is 27.6.